The third-order valence-corrected chi connectivity index (χ3v) is 4.48. The van der Waals surface area contributed by atoms with Crippen LogP contribution in [0, 0.1) is 0 Å². The van der Waals surface area contributed by atoms with Gasteiger partial charge in [0, 0.05) is 32.1 Å². The Labute approximate surface area is 151 Å². The molecule has 2 rings (SSSR count). The average molecular weight is 371 g/mol. The van der Waals surface area contributed by atoms with Gasteiger partial charge in [-0.15, -0.1) is 0 Å². The van der Waals surface area contributed by atoms with Crippen molar-refractivity contribution in [1.29, 1.82) is 0 Å². The molecule has 1 aliphatic heterocycles. The van der Waals surface area contributed by atoms with Crippen molar-refractivity contribution in [3.05, 3.63) is 35.4 Å². The molecule has 1 fully saturated rings. The summed E-state index contributed by atoms with van der Waals surface area (Å²) >= 11 is 0. The van der Waals surface area contributed by atoms with Crippen LogP contribution in [0.25, 0.3) is 0 Å². The molecule has 0 bridgehead atoms. The lowest BCUT2D eigenvalue weighted by Gasteiger charge is -2.26. The van der Waals surface area contributed by atoms with Crippen molar-refractivity contribution in [3.8, 4) is 0 Å². The van der Waals surface area contributed by atoms with E-state index in [0.717, 1.165) is 12.6 Å². The highest BCUT2D eigenvalue weighted by molar-refractivity contribution is 5.95. The van der Waals surface area contributed by atoms with Crippen molar-refractivity contribution >= 4 is 11.8 Å². The molecule has 8 heteroatoms. The van der Waals surface area contributed by atoms with Crippen molar-refractivity contribution in [2.45, 2.75) is 31.5 Å². The molecule has 1 heterocycles. The van der Waals surface area contributed by atoms with Gasteiger partial charge in [0.05, 0.1) is 11.1 Å². The van der Waals surface area contributed by atoms with E-state index < -0.39 is 17.6 Å². The molecular weight excluding hydrogens is 347 g/mol. The van der Waals surface area contributed by atoms with E-state index in [1.54, 1.807) is 4.90 Å². The van der Waals surface area contributed by atoms with Crippen LogP contribution in [0.3, 0.4) is 0 Å². The number of nitrogens with zero attached hydrogens (tertiary/aromatic N) is 2. The summed E-state index contributed by atoms with van der Waals surface area (Å²) in [6.45, 7) is 1.58. The van der Waals surface area contributed by atoms with Crippen LogP contribution in [0.2, 0.25) is 0 Å². The lowest BCUT2D eigenvalue weighted by molar-refractivity contribution is -0.138. The van der Waals surface area contributed by atoms with Gasteiger partial charge in [0.2, 0.25) is 5.91 Å². The van der Waals surface area contributed by atoms with Gasteiger partial charge in [0.15, 0.2) is 0 Å². The molecule has 144 valence electrons. The van der Waals surface area contributed by atoms with E-state index in [1.165, 1.54) is 18.2 Å². The van der Waals surface area contributed by atoms with Gasteiger partial charge < -0.3 is 15.1 Å². The van der Waals surface area contributed by atoms with E-state index in [4.69, 9.17) is 0 Å². The number of alkyl halides is 3. The largest absolute Gasteiger partial charge is 0.417 e. The number of carbonyl (C=O) groups is 2. The van der Waals surface area contributed by atoms with Gasteiger partial charge in [-0.05, 0) is 39.1 Å². The van der Waals surface area contributed by atoms with Crippen molar-refractivity contribution in [2.24, 2.45) is 0 Å². The first-order valence-corrected chi connectivity index (χ1v) is 8.58. The van der Waals surface area contributed by atoms with Crippen molar-refractivity contribution < 1.29 is 22.8 Å². The highest BCUT2D eigenvalue weighted by Crippen LogP contribution is 2.31. The van der Waals surface area contributed by atoms with Crippen LogP contribution in [0.1, 0.15) is 35.2 Å². The second-order valence-electron chi connectivity index (χ2n) is 6.67. The molecule has 0 radical (unpaired) electrons. The molecule has 0 aliphatic carbocycles. The first-order chi connectivity index (χ1) is 12.2. The van der Waals surface area contributed by atoms with Gasteiger partial charge in [-0.1, -0.05) is 12.1 Å². The number of rotatable bonds is 7. The molecule has 0 spiro atoms. The number of halogens is 3. The lowest BCUT2D eigenvalue weighted by atomic mass is 10.1. The molecule has 0 aromatic heterocycles. The average Bonchev–Trinajstić information content (AvgIpc) is 2.92. The minimum Gasteiger partial charge on any atom is -0.352 e. The van der Waals surface area contributed by atoms with Crippen molar-refractivity contribution in [2.75, 3.05) is 33.7 Å². The normalized spacial score (nSPS) is 17.8. The Morgan fingerprint density at radius 1 is 1.31 bits per heavy atom. The fourth-order valence-corrected chi connectivity index (χ4v) is 3.08. The summed E-state index contributed by atoms with van der Waals surface area (Å²) in [7, 11) is 3.85. The third kappa shape index (κ3) is 5.20. The zero-order valence-corrected chi connectivity index (χ0v) is 15.0. The first-order valence-electron chi connectivity index (χ1n) is 8.58. The number of benzene rings is 1. The van der Waals surface area contributed by atoms with Gasteiger partial charge in [0.25, 0.3) is 5.91 Å². The number of likely N-dealkylation sites (tertiary alicyclic amines) is 1. The summed E-state index contributed by atoms with van der Waals surface area (Å²) in [5.41, 5.74) is -1.33. The standard InChI is InChI=1S/C18H24F3N3O2/c1-23(2)11-12-24-13(7-8-16(24)25)9-10-22-17(26)14-5-3-4-6-15(14)18(19,20)21/h3-6,13H,7-12H2,1-2H3,(H,22,26). The topological polar surface area (TPSA) is 52.6 Å². The van der Waals surface area contributed by atoms with Crippen molar-refractivity contribution in [1.82, 2.24) is 15.1 Å². The molecule has 1 N–H and O–H groups in total. The highest BCUT2D eigenvalue weighted by atomic mass is 19.4. The fraction of sp³-hybridized carbons (Fsp3) is 0.556. The quantitative estimate of drug-likeness (QED) is 0.801. The molecule has 5 nitrogen and oxygen atoms in total. The van der Waals surface area contributed by atoms with Gasteiger partial charge >= 0.3 is 6.18 Å². The molecule has 26 heavy (non-hydrogen) atoms. The van der Waals surface area contributed by atoms with Crippen LogP contribution in [0.5, 0.6) is 0 Å². The minimum absolute atomic E-state index is 0.0145. The second kappa shape index (κ2) is 8.53. The van der Waals surface area contributed by atoms with Crippen LogP contribution in [0.4, 0.5) is 13.2 Å². The molecule has 1 saturated heterocycles. The smallest absolute Gasteiger partial charge is 0.352 e. The Balaban J connectivity index is 1.91. The molecule has 1 aromatic rings. The highest BCUT2D eigenvalue weighted by Gasteiger charge is 2.35. The number of hydrogen-bond acceptors (Lipinski definition) is 3. The van der Waals surface area contributed by atoms with Gasteiger partial charge in [0.1, 0.15) is 0 Å². The van der Waals surface area contributed by atoms with Crippen LogP contribution < -0.4 is 5.32 Å². The first kappa shape index (κ1) is 20.2. The Morgan fingerprint density at radius 2 is 2.00 bits per heavy atom. The van der Waals surface area contributed by atoms with Crippen LogP contribution >= 0.6 is 0 Å². The molecular formula is C18H24F3N3O2. The van der Waals surface area contributed by atoms with Crippen LogP contribution in [-0.2, 0) is 11.0 Å². The molecule has 1 aliphatic rings. The van der Waals surface area contributed by atoms with Crippen LogP contribution in [-0.4, -0.2) is 61.4 Å². The Kier molecular flexibility index (Phi) is 6.63. The Morgan fingerprint density at radius 3 is 2.65 bits per heavy atom. The molecule has 0 saturated carbocycles. The number of hydrogen-bond donors (Lipinski definition) is 1. The van der Waals surface area contributed by atoms with E-state index in [-0.39, 0.29) is 24.1 Å². The number of likely N-dealkylation sites (N-methyl/N-ethyl adjacent to an activating group) is 1. The summed E-state index contributed by atoms with van der Waals surface area (Å²) in [6.07, 6.45) is -2.86. The number of nitrogens with one attached hydrogen (secondary N) is 1. The second-order valence-corrected chi connectivity index (χ2v) is 6.67. The number of carbonyl (C=O) groups excluding carboxylic acids is 2. The summed E-state index contributed by atoms with van der Waals surface area (Å²) in [4.78, 5) is 27.9. The zero-order chi connectivity index (χ0) is 19.3. The Hall–Kier alpha value is -2.09. The van der Waals surface area contributed by atoms with E-state index in [1.807, 2.05) is 19.0 Å². The number of amides is 2. The Bertz CT molecular complexity index is 647. The van der Waals surface area contributed by atoms with E-state index in [0.29, 0.717) is 25.8 Å². The monoisotopic (exact) mass is 371 g/mol. The predicted molar refractivity (Wildman–Crippen MR) is 91.7 cm³/mol. The summed E-state index contributed by atoms with van der Waals surface area (Å²) < 4.78 is 39.0. The summed E-state index contributed by atoms with van der Waals surface area (Å²) in [5.74, 6) is -0.660. The predicted octanol–water partition coefficient (Wildman–Crippen LogP) is 2.38. The van der Waals surface area contributed by atoms with Gasteiger partial charge in [-0.3, -0.25) is 9.59 Å². The summed E-state index contributed by atoms with van der Waals surface area (Å²) in [6, 6.07) is 4.74. The fourth-order valence-electron chi connectivity index (χ4n) is 3.08. The van der Waals surface area contributed by atoms with Gasteiger partial charge in [-0.2, -0.15) is 13.2 Å². The zero-order valence-electron chi connectivity index (χ0n) is 15.0. The lowest BCUT2D eigenvalue weighted by Crippen LogP contribution is -2.40. The van der Waals surface area contributed by atoms with Gasteiger partial charge in [-0.25, -0.2) is 0 Å². The minimum atomic E-state index is -4.57. The van der Waals surface area contributed by atoms with Crippen molar-refractivity contribution in [3.63, 3.8) is 0 Å². The van der Waals surface area contributed by atoms with Crippen LogP contribution in [0.15, 0.2) is 24.3 Å². The molecule has 1 atom stereocenters. The summed E-state index contributed by atoms with van der Waals surface area (Å²) in [5, 5.41) is 2.55. The molecule has 1 unspecified atom stereocenters. The maximum Gasteiger partial charge on any atom is 0.417 e. The van der Waals surface area contributed by atoms with E-state index >= 15 is 0 Å². The maximum absolute atomic E-state index is 13.0. The third-order valence-electron chi connectivity index (χ3n) is 4.48. The van der Waals surface area contributed by atoms with E-state index in [2.05, 4.69) is 5.32 Å². The molecule has 1 aromatic carbocycles. The maximum atomic E-state index is 13.0. The molecule has 2 amide bonds. The SMILES string of the molecule is CN(C)CCN1C(=O)CCC1CCNC(=O)c1ccccc1C(F)(F)F. The van der Waals surface area contributed by atoms with E-state index in [9.17, 15) is 22.8 Å².